The van der Waals surface area contributed by atoms with E-state index in [1.165, 1.54) is 4.90 Å². The zero-order chi connectivity index (χ0) is 35.2. The van der Waals surface area contributed by atoms with Gasteiger partial charge in [-0.2, -0.15) is 0 Å². The van der Waals surface area contributed by atoms with Crippen molar-refractivity contribution in [3.8, 4) is 10.4 Å². The Balaban J connectivity index is 1.23. The summed E-state index contributed by atoms with van der Waals surface area (Å²) in [7, 11) is -0.334. The molecule has 2 aliphatic heterocycles. The van der Waals surface area contributed by atoms with Crippen molar-refractivity contribution in [2.45, 2.75) is 129 Å². The summed E-state index contributed by atoms with van der Waals surface area (Å²) in [6.07, 6.45) is 3.13. The number of likely N-dealkylation sites (tertiary alicyclic amines) is 1. The zero-order valence-electron chi connectivity index (χ0n) is 29.8. The fourth-order valence-corrected chi connectivity index (χ4v) is 7.44. The summed E-state index contributed by atoms with van der Waals surface area (Å²) in [5, 5.41) is 16.7. The lowest BCUT2D eigenvalue weighted by Crippen LogP contribution is -2.58. The van der Waals surface area contributed by atoms with Crippen molar-refractivity contribution in [2.24, 2.45) is 5.41 Å². The maximum Gasteiger partial charge on any atom is 0.461 e. The average Bonchev–Trinajstić information content (AvgIpc) is 3.69. The van der Waals surface area contributed by atoms with Crippen molar-refractivity contribution in [3.63, 3.8) is 0 Å². The van der Waals surface area contributed by atoms with Crippen LogP contribution in [0.4, 0.5) is 0 Å². The van der Waals surface area contributed by atoms with Gasteiger partial charge >= 0.3 is 7.12 Å². The molecule has 12 heteroatoms. The van der Waals surface area contributed by atoms with E-state index < -0.39 is 34.8 Å². The lowest BCUT2D eigenvalue weighted by Gasteiger charge is -2.36. The smallest absolute Gasteiger partial charge is 0.403 e. The second-order valence-corrected chi connectivity index (χ2v) is 16.5. The third-order valence-corrected chi connectivity index (χ3v) is 11.4. The van der Waals surface area contributed by atoms with Gasteiger partial charge in [0.1, 0.15) is 12.1 Å². The number of allylic oxidation sites excluding steroid dienone is 1. The third-order valence-electron chi connectivity index (χ3n) is 10.4. The number of aliphatic hydroxyl groups is 1. The minimum absolute atomic E-state index is 0.0229. The molecule has 0 spiro atoms. The number of thiazole rings is 1. The SMILES string of the molecule is Cc1ncsc1-c1ccc([C@H](C)NC(=O)[C@@H]2C[C@@H](O)CN2C(=O)[C@@H](NC(=O)C2=CCC(B3OC(C)(C)C(C)(C)O3)CC2)C(C)(C)C)cc1. The number of rotatable bonds is 8. The van der Waals surface area contributed by atoms with E-state index in [1.807, 2.05) is 98.2 Å². The van der Waals surface area contributed by atoms with Crippen LogP contribution < -0.4 is 10.6 Å². The highest BCUT2D eigenvalue weighted by Gasteiger charge is 2.53. The number of nitrogens with zero attached hydrogens (tertiary/aromatic N) is 2. The molecule has 1 aromatic carbocycles. The number of nitrogens with one attached hydrogen (secondary N) is 2. The molecule has 0 bridgehead atoms. The first-order valence-electron chi connectivity index (χ1n) is 17.0. The van der Waals surface area contributed by atoms with Crippen LogP contribution in [-0.2, 0) is 23.7 Å². The van der Waals surface area contributed by atoms with E-state index in [9.17, 15) is 19.5 Å². The molecule has 10 nitrogen and oxygen atoms in total. The Labute approximate surface area is 289 Å². The summed E-state index contributed by atoms with van der Waals surface area (Å²) < 4.78 is 12.5. The van der Waals surface area contributed by atoms with Gasteiger partial charge in [-0.3, -0.25) is 14.4 Å². The topological polar surface area (TPSA) is 130 Å². The molecule has 1 unspecified atom stereocenters. The standard InChI is InChI=1S/C36H51BN4O6S/c1-21(23-10-12-24(13-11-23)29-22(2)38-20-48-29)39-32(44)28-18-27(42)19-41(28)33(45)30(34(3,4)5)40-31(43)25-14-16-26(17-15-25)37-46-35(6,7)36(8,9)47-37/h10-14,20-21,26-28,30,42H,15-19H2,1-9H3,(H,39,44)(H,40,43)/t21-,26?,27+,28-,30+/m0/s1. The second kappa shape index (κ2) is 13.7. The molecule has 0 saturated carbocycles. The Morgan fingerprint density at radius 1 is 1.08 bits per heavy atom. The molecule has 3 heterocycles. The summed E-state index contributed by atoms with van der Waals surface area (Å²) in [5.74, 6) is -0.869. The van der Waals surface area contributed by atoms with Gasteiger partial charge in [0.05, 0.1) is 39.4 Å². The number of aromatic nitrogens is 1. The second-order valence-electron chi connectivity index (χ2n) is 15.7. The quantitative estimate of drug-likeness (QED) is 0.321. The van der Waals surface area contributed by atoms with Gasteiger partial charge in [-0.05, 0) is 83.2 Å². The maximum atomic E-state index is 14.1. The van der Waals surface area contributed by atoms with Crippen LogP contribution in [0.1, 0.15) is 98.4 Å². The van der Waals surface area contributed by atoms with Gasteiger partial charge in [0.2, 0.25) is 17.7 Å². The monoisotopic (exact) mass is 678 g/mol. The van der Waals surface area contributed by atoms with Gasteiger partial charge < -0.3 is 29.9 Å². The van der Waals surface area contributed by atoms with Crippen LogP contribution in [0.15, 0.2) is 41.4 Å². The number of β-amino-alcohol motifs (C(OH)–C–C–N with tert-alkyl or cyclic N) is 1. The Kier molecular flexibility index (Phi) is 10.3. The number of aliphatic hydroxyl groups excluding tert-OH is 1. The summed E-state index contributed by atoms with van der Waals surface area (Å²) in [5.41, 5.74) is 3.95. The molecule has 2 saturated heterocycles. The molecule has 48 heavy (non-hydrogen) atoms. The first kappa shape index (κ1) is 36.2. The van der Waals surface area contributed by atoms with Crippen LogP contribution in [0, 0.1) is 12.3 Å². The first-order valence-corrected chi connectivity index (χ1v) is 17.9. The molecule has 5 atom stereocenters. The van der Waals surface area contributed by atoms with Crippen molar-refractivity contribution in [2.75, 3.05) is 6.54 Å². The number of benzene rings is 1. The van der Waals surface area contributed by atoms with E-state index in [4.69, 9.17) is 9.31 Å². The van der Waals surface area contributed by atoms with Crippen LogP contribution in [0.3, 0.4) is 0 Å². The molecule has 2 fully saturated rings. The van der Waals surface area contributed by atoms with Crippen molar-refractivity contribution in [1.29, 1.82) is 0 Å². The molecule has 0 radical (unpaired) electrons. The fourth-order valence-electron chi connectivity index (χ4n) is 6.63. The fraction of sp³-hybridized carbons (Fsp3) is 0.611. The van der Waals surface area contributed by atoms with Crippen LogP contribution in [-0.4, -0.2) is 75.8 Å². The molecule has 3 N–H and O–H groups in total. The first-order chi connectivity index (χ1) is 22.4. The molecule has 2 aromatic rings. The third kappa shape index (κ3) is 7.56. The van der Waals surface area contributed by atoms with E-state index in [0.29, 0.717) is 18.4 Å². The van der Waals surface area contributed by atoms with E-state index in [0.717, 1.165) is 28.1 Å². The Morgan fingerprint density at radius 2 is 1.73 bits per heavy atom. The van der Waals surface area contributed by atoms with E-state index >= 15 is 0 Å². The van der Waals surface area contributed by atoms with Crippen LogP contribution >= 0.6 is 11.3 Å². The Bertz CT molecular complexity index is 1530. The highest BCUT2D eigenvalue weighted by atomic mass is 32.1. The predicted octanol–water partition coefficient (Wildman–Crippen LogP) is 5.36. The summed E-state index contributed by atoms with van der Waals surface area (Å²) >= 11 is 1.59. The van der Waals surface area contributed by atoms with Gasteiger partial charge in [0, 0.05) is 18.5 Å². The largest absolute Gasteiger partial charge is 0.461 e. The average molecular weight is 679 g/mol. The summed E-state index contributed by atoms with van der Waals surface area (Å²) in [6.45, 7) is 17.7. The molecule has 5 rings (SSSR count). The Morgan fingerprint density at radius 3 is 2.27 bits per heavy atom. The van der Waals surface area contributed by atoms with E-state index in [-0.39, 0.29) is 49.7 Å². The number of amides is 3. The summed E-state index contributed by atoms with van der Waals surface area (Å²) in [6, 6.07) is 5.93. The van der Waals surface area contributed by atoms with Crippen LogP contribution in [0.25, 0.3) is 10.4 Å². The molecular weight excluding hydrogens is 627 g/mol. The van der Waals surface area contributed by atoms with Crippen LogP contribution in [0.2, 0.25) is 5.82 Å². The lowest BCUT2D eigenvalue weighted by molar-refractivity contribution is -0.143. The molecule has 3 amide bonds. The molecule has 1 aromatic heterocycles. The maximum absolute atomic E-state index is 14.1. The minimum atomic E-state index is -0.896. The van der Waals surface area contributed by atoms with Crippen molar-refractivity contribution in [3.05, 3.63) is 52.7 Å². The van der Waals surface area contributed by atoms with E-state index in [2.05, 4.69) is 15.6 Å². The van der Waals surface area contributed by atoms with Gasteiger partial charge in [-0.25, -0.2) is 4.98 Å². The minimum Gasteiger partial charge on any atom is -0.403 e. The highest BCUT2D eigenvalue weighted by molar-refractivity contribution is 7.13. The number of hydrogen-bond donors (Lipinski definition) is 3. The predicted molar refractivity (Wildman–Crippen MR) is 188 cm³/mol. The summed E-state index contributed by atoms with van der Waals surface area (Å²) in [4.78, 5) is 48.2. The van der Waals surface area contributed by atoms with Gasteiger partial charge in [-0.15, -0.1) is 11.3 Å². The molecular formula is C36H51BN4O6S. The van der Waals surface area contributed by atoms with Gasteiger partial charge in [0.15, 0.2) is 0 Å². The van der Waals surface area contributed by atoms with Gasteiger partial charge in [-0.1, -0.05) is 51.1 Å². The molecule has 260 valence electrons. The van der Waals surface area contributed by atoms with Crippen molar-refractivity contribution < 1.29 is 28.8 Å². The lowest BCUT2D eigenvalue weighted by atomic mass is 9.65. The molecule has 1 aliphatic carbocycles. The van der Waals surface area contributed by atoms with Crippen LogP contribution in [0.5, 0.6) is 0 Å². The highest BCUT2D eigenvalue weighted by Crippen LogP contribution is 2.43. The van der Waals surface area contributed by atoms with Crippen molar-refractivity contribution >= 4 is 36.2 Å². The normalized spacial score (nSPS) is 25.0. The zero-order valence-corrected chi connectivity index (χ0v) is 30.6. The molecule has 3 aliphatic rings. The number of hydrogen-bond acceptors (Lipinski definition) is 8. The van der Waals surface area contributed by atoms with Crippen molar-refractivity contribution in [1.82, 2.24) is 20.5 Å². The van der Waals surface area contributed by atoms with E-state index in [1.54, 1.807) is 11.3 Å². The number of carbonyl (C=O) groups excluding carboxylic acids is 3. The van der Waals surface area contributed by atoms with Gasteiger partial charge in [0.25, 0.3) is 0 Å². The number of aryl methyl sites for hydroxylation is 1. The number of carbonyl (C=O) groups is 3. The Hall–Kier alpha value is -3.06.